The Kier molecular flexibility index (Phi) is 2.95. The number of fused-ring (bicyclic) bond motifs is 1. The first-order valence-electron chi connectivity index (χ1n) is 6.38. The van der Waals surface area contributed by atoms with Crippen molar-refractivity contribution in [2.45, 2.75) is 6.92 Å². The van der Waals surface area contributed by atoms with Crippen LogP contribution in [0.15, 0.2) is 48.5 Å². The van der Waals surface area contributed by atoms with E-state index in [-0.39, 0.29) is 11.8 Å². The number of rotatable bonds is 1. The third kappa shape index (κ3) is 2.14. The number of carbonyl (C=O) groups excluding carboxylic acids is 2. The number of amides is 2. The van der Waals surface area contributed by atoms with E-state index in [4.69, 9.17) is 0 Å². The number of carbonyl (C=O) groups is 2. The highest BCUT2D eigenvalue weighted by Gasteiger charge is 2.26. The summed E-state index contributed by atoms with van der Waals surface area (Å²) in [5.41, 5.74) is 3.83. The summed E-state index contributed by atoms with van der Waals surface area (Å²) in [5.74, 6) is -0.694. The van der Waals surface area contributed by atoms with Gasteiger partial charge in [0, 0.05) is 11.1 Å². The van der Waals surface area contributed by atoms with E-state index in [1.807, 2.05) is 37.3 Å². The molecule has 0 saturated heterocycles. The molecule has 20 heavy (non-hydrogen) atoms. The van der Waals surface area contributed by atoms with Gasteiger partial charge in [-0.15, -0.1) is 0 Å². The molecule has 0 radical (unpaired) electrons. The fourth-order valence-corrected chi connectivity index (χ4v) is 2.25. The lowest BCUT2D eigenvalue weighted by Crippen LogP contribution is -2.36. The molecule has 2 aromatic rings. The van der Waals surface area contributed by atoms with Crippen molar-refractivity contribution in [3.63, 3.8) is 0 Å². The van der Waals surface area contributed by atoms with Gasteiger partial charge in [0.05, 0.1) is 0 Å². The minimum absolute atomic E-state index is 0.341. The van der Waals surface area contributed by atoms with Gasteiger partial charge in [-0.25, -0.2) is 0 Å². The van der Waals surface area contributed by atoms with Crippen molar-refractivity contribution < 1.29 is 9.59 Å². The van der Waals surface area contributed by atoms with E-state index < -0.39 is 0 Å². The topological polar surface area (TPSA) is 46.2 Å². The molecule has 0 aromatic heterocycles. The van der Waals surface area contributed by atoms with Crippen LogP contribution in [-0.4, -0.2) is 11.8 Å². The van der Waals surface area contributed by atoms with Crippen LogP contribution in [-0.2, 0) is 4.79 Å². The summed E-state index contributed by atoms with van der Waals surface area (Å²) >= 11 is 0. The average Bonchev–Trinajstić information content (AvgIpc) is 2.45. The molecule has 98 valence electrons. The maximum atomic E-state index is 12.0. The third-order valence-corrected chi connectivity index (χ3v) is 3.32. The van der Waals surface area contributed by atoms with Crippen LogP contribution in [0.25, 0.3) is 11.6 Å². The summed E-state index contributed by atoms with van der Waals surface area (Å²) in [7, 11) is 0. The van der Waals surface area contributed by atoms with Gasteiger partial charge in [0.25, 0.3) is 11.8 Å². The molecule has 1 aliphatic rings. The van der Waals surface area contributed by atoms with Crippen molar-refractivity contribution in [2.24, 2.45) is 0 Å². The second-order valence-corrected chi connectivity index (χ2v) is 4.80. The van der Waals surface area contributed by atoms with Crippen molar-refractivity contribution >= 4 is 23.5 Å². The largest absolute Gasteiger partial charge is 0.288 e. The maximum absolute atomic E-state index is 12.0. The van der Waals surface area contributed by atoms with Crippen molar-refractivity contribution in [3.05, 3.63) is 70.8 Å². The van der Waals surface area contributed by atoms with Crippen LogP contribution >= 0.6 is 0 Å². The zero-order valence-corrected chi connectivity index (χ0v) is 11.0. The summed E-state index contributed by atoms with van der Waals surface area (Å²) in [5, 5.41) is 2.37. The molecule has 2 amide bonds. The van der Waals surface area contributed by atoms with Crippen molar-refractivity contribution in [1.82, 2.24) is 5.32 Å². The van der Waals surface area contributed by atoms with Crippen molar-refractivity contribution in [3.8, 4) is 0 Å². The molecule has 0 spiro atoms. The Morgan fingerprint density at radius 3 is 2.20 bits per heavy atom. The van der Waals surface area contributed by atoms with Crippen LogP contribution < -0.4 is 5.32 Å². The minimum Gasteiger partial charge on any atom is -0.288 e. The first-order valence-corrected chi connectivity index (χ1v) is 6.38. The van der Waals surface area contributed by atoms with E-state index >= 15 is 0 Å². The number of benzene rings is 2. The van der Waals surface area contributed by atoms with Gasteiger partial charge in [-0.1, -0.05) is 48.0 Å². The molecule has 0 bridgehead atoms. The van der Waals surface area contributed by atoms with Crippen LogP contribution in [0.5, 0.6) is 0 Å². The van der Waals surface area contributed by atoms with Crippen LogP contribution in [0.3, 0.4) is 0 Å². The Morgan fingerprint density at radius 1 is 0.850 bits per heavy atom. The highest BCUT2D eigenvalue weighted by Crippen LogP contribution is 2.25. The zero-order chi connectivity index (χ0) is 14.1. The minimum atomic E-state index is -0.353. The number of imide groups is 1. The molecule has 2 aromatic carbocycles. The van der Waals surface area contributed by atoms with Crippen LogP contribution in [0, 0.1) is 6.92 Å². The van der Waals surface area contributed by atoms with Gasteiger partial charge >= 0.3 is 0 Å². The van der Waals surface area contributed by atoms with Gasteiger partial charge in [-0.2, -0.15) is 0 Å². The van der Waals surface area contributed by atoms with E-state index in [9.17, 15) is 9.59 Å². The first kappa shape index (κ1) is 12.4. The predicted molar refractivity (Wildman–Crippen MR) is 78.0 cm³/mol. The molecule has 1 aliphatic heterocycles. The van der Waals surface area contributed by atoms with E-state index in [0.29, 0.717) is 16.7 Å². The molecule has 0 unspecified atom stereocenters. The molecule has 0 aliphatic carbocycles. The molecule has 0 saturated carbocycles. The number of hydrogen-bond acceptors (Lipinski definition) is 2. The third-order valence-electron chi connectivity index (χ3n) is 3.32. The molecule has 1 heterocycles. The fraction of sp³-hybridized carbons (Fsp3) is 0.0588. The molecular weight excluding hydrogens is 250 g/mol. The maximum Gasteiger partial charge on any atom is 0.258 e. The second kappa shape index (κ2) is 4.78. The lowest BCUT2D eigenvalue weighted by Gasteiger charge is -2.18. The standard InChI is InChI=1S/C17H13NO2/c1-11-6-8-12(9-7-11)10-15-13-4-2-3-5-14(13)16(19)18-17(15)20/h2-10H,1H3,(H,18,19,20)/b15-10+. The van der Waals surface area contributed by atoms with Gasteiger partial charge in [-0.3, -0.25) is 14.9 Å². The SMILES string of the molecule is Cc1ccc(/C=C2/C(=O)NC(=O)c3ccccc32)cc1. The number of hydrogen-bond donors (Lipinski definition) is 1. The summed E-state index contributed by atoms with van der Waals surface area (Å²) in [6.07, 6.45) is 1.81. The van der Waals surface area contributed by atoms with Crippen LogP contribution in [0.4, 0.5) is 0 Å². The van der Waals surface area contributed by atoms with Gasteiger partial charge in [-0.05, 0) is 30.2 Å². The monoisotopic (exact) mass is 263 g/mol. The normalized spacial score (nSPS) is 15.9. The van der Waals surface area contributed by atoms with E-state index in [2.05, 4.69) is 5.32 Å². The number of aryl methyl sites for hydroxylation is 1. The van der Waals surface area contributed by atoms with Crippen molar-refractivity contribution in [2.75, 3.05) is 0 Å². The van der Waals surface area contributed by atoms with Gasteiger partial charge in [0.15, 0.2) is 0 Å². The average molecular weight is 263 g/mol. The summed E-state index contributed by atoms with van der Waals surface area (Å²) in [4.78, 5) is 23.8. The van der Waals surface area contributed by atoms with E-state index in [0.717, 1.165) is 11.1 Å². The van der Waals surface area contributed by atoms with E-state index in [1.54, 1.807) is 24.3 Å². The van der Waals surface area contributed by atoms with E-state index in [1.165, 1.54) is 0 Å². The Labute approximate surface area is 116 Å². The van der Waals surface area contributed by atoms with Gasteiger partial charge in [0.2, 0.25) is 0 Å². The molecule has 0 fully saturated rings. The Morgan fingerprint density at radius 2 is 1.50 bits per heavy atom. The molecule has 1 N–H and O–H groups in total. The number of nitrogens with one attached hydrogen (secondary N) is 1. The summed E-state index contributed by atoms with van der Waals surface area (Å²) in [6, 6.07) is 15.0. The van der Waals surface area contributed by atoms with Crippen molar-refractivity contribution in [1.29, 1.82) is 0 Å². The quantitative estimate of drug-likeness (QED) is 0.635. The smallest absolute Gasteiger partial charge is 0.258 e. The Balaban J connectivity index is 2.13. The lowest BCUT2D eigenvalue weighted by molar-refractivity contribution is -0.114. The second-order valence-electron chi connectivity index (χ2n) is 4.80. The first-order chi connectivity index (χ1) is 9.65. The molecule has 3 rings (SSSR count). The summed E-state index contributed by atoms with van der Waals surface area (Å²) < 4.78 is 0. The highest BCUT2D eigenvalue weighted by molar-refractivity contribution is 6.33. The fourth-order valence-electron chi connectivity index (χ4n) is 2.25. The van der Waals surface area contributed by atoms with Crippen LogP contribution in [0.2, 0.25) is 0 Å². The van der Waals surface area contributed by atoms with Gasteiger partial charge in [0.1, 0.15) is 0 Å². The molecule has 3 heteroatoms. The lowest BCUT2D eigenvalue weighted by atomic mass is 9.93. The summed E-state index contributed by atoms with van der Waals surface area (Å²) in [6.45, 7) is 2.01. The molecule has 3 nitrogen and oxygen atoms in total. The molecular formula is C17H13NO2. The highest BCUT2D eigenvalue weighted by atomic mass is 16.2. The van der Waals surface area contributed by atoms with Crippen LogP contribution in [0.1, 0.15) is 27.0 Å². The predicted octanol–water partition coefficient (Wildman–Crippen LogP) is 2.81. The molecule has 0 atom stereocenters. The Bertz CT molecular complexity index is 727. The Hall–Kier alpha value is -2.68. The van der Waals surface area contributed by atoms with Gasteiger partial charge < -0.3 is 0 Å². The zero-order valence-electron chi connectivity index (χ0n) is 11.0.